The van der Waals surface area contributed by atoms with Crippen molar-refractivity contribution in [2.24, 2.45) is 0 Å². The number of hydrogen-bond donors (Lipinski definition) is 1. The van der Waals surface area contributed by atoms with Gasteiger partial charge in [0, 0.05) is 13.5 Å². The molecule has 0 amide bonds. The van der Waals surface area contributed by atoms with Crippen LogP contribution in [0.15, 0.2) is 18.2 Å². The Hall–Kier alpha value is -1.22. The van der Waals surface area contributed by atoms with Crippen LogP contribution in [-0.2, 0) is 6.42 Å². The summed E-state index contributed by atoms with van der Waals surface area (Å²) in [6.07, 6.45) is 0.941. The van der Waals surface area contributed by atoms with Crippen molar-refractivity contribution in [2.45, 2.75) is 6.42 Å². The third-order valence-electron chi connectivity index (χ3n) is 2.05. The highest BCUT2D eigenvalue weighted by Crippen LogP contribution is 2.28. The lowest BCUT2D eigenvalue weighted by molar-refractivity contribution is 0.279. The number of benzene rings is 1. The van der Waals surface area contributed by atoms with Crippen molar-refractivity contribution in [3.63, 3.8) is 0 Å². The van der Waals surface area contributed by atoms with Crippen molar-refractivity contribution in [2.75, 3.05) is 18.7 Å². The summed E-state index contributed by atoms with van der Waals surface area (Å²) < 4.78 is 5.33. The molecule has 0 saturated heterocycles. The summed E-state index contributed by atoms with van der Waals surface area (Å²) in [4.78, 5) is 0. The molecule has 0 fully saturated rings. The average molecular weight is 165 g/mol. The van der Waals surface area contributed by atoms with Crippen molar-refractivity contribution >= 4 is 5.69 Å². The van der Waals surface area contributed by atoms with E-state index in [1.54, 1.807) is 7.05 Å². The lowest BCUT2D eigenvalue weighted by atomic mass is 10.1. The van der Waals surface area contributed by atoms with Gasteiger partial charge in [-0.3, -0.25) is 10.3 Å². The van der Waals surface area contributed by atoms with Crippen LogP contribution in [0.4, 0.5) is 5.69 Å². The molecule has 0 bridgehead atoms. The van der Waals surface area contributed by atoms with E-state index < -0.39 is 0 Å². The Morgan fingerprint density at radius 1 is 1.50 bits per heavy atom. The number of anilines is 1. The molecule has 2 rings (SSSR count). The van der Waals surface area contributed by atoms with Gasteiger partial charge in [-0.1, -0.05) is 0 Å². The number of nitrogens with zero attached hydrogens (tertiary/aromatic N) is 1. The molecule has 0 unspecified atom stereocenters. The van der Waals surface area contributed by atoms with Crippen molar-refractivity contribution in [1.29, 1.82) is 0 Å². The highest BCUT2D eigenvalue weighted by Gasteiger charge is 2.12. The van der Waals surface area contributed by atoms with Crippen LogP contribution in [0.1, 0.15) is 5.56 Å². The Morgan fingerprint density at radius 3 is 3.08 bits per heavy atom. The standard InChI is InChI=1S/C9H11NO2/c1-10(11)8-2-3-9-7(6-8)4-5-12-9/h2-3,6,11H,4-5H2,1H3. The van der Waals surface area contributed by atoms with Crippen LogP contribution in [0.5, 0.6) is 5.75 Å². The van der Waals surface area contributed by atoms with E-state index in [1.807, 2.05) is 18.2 Å². The van der Waals surface area contributed by atoms with Crippen LogP contribution in [0.25, 0.3) is 0 Å². The van der Waals surface area contributed by atoms with Gasteiger partial charge in [0.15, 0.2) is 0 Å². The van der Waals surface area contributed by atoms with E-state index in [4.69, 9.17) is 9.94 Å². The van der Waals surface area contributed by atoms with Crippen molar-refractivity contribution in [3.05, 3.63) is 23.8 Å². The molecular formula is C9H11NO2. The Bertz CT molecular complexity index is 297. The smallest absolute Gasteiger partial charge is 0.122 e. The number of ether oxygens (including phenoxy) is 1. The summed E-state index contributed by atoms with van der Waals surface area (Å²) in [6, 6.07) is 5.68. The van der Waals surface area contributed by atoms with E-state index in [2.05, 4.69) is 0 Å². The Morgan fingerprint density at radius 2 is 2.33 bits per heavy atom. The fourth-order valence-corrected chi connectivity index (χ4v) is 1.37. The summed E-state index contributed by atoms with van der Waals surface area (Å²) in [5.74, 6) is 0.945. The summed E-state index contributed by atoms with van der Waals surface area (Å²) in [5.41, 5.74) is 1.98. The van der Waals surface area contributed by atoms with E-state index in [1.165, 1.54) is 5.56 Å². The highest BCUT2D eigenvalue weighted by molar-refractivity contribution is 5.52. The fraction of sp³-hybridized carbons (Fsp3) is 0.333. The molecule has 0 aromatic heterocycles. The van der Waals surface area contributed by atoms with Gasteiger partial charge in [0.05, 0.1) is 12.3 Å². The van der Waals surface area contributed by atoms with Crippen LogP contribution >= 0.6 is 0 Å². The molecule has 1 aliphatic rings. The lowest BCUT2D eigenvalue weighted by Gasteiger charge is -2.10. The molecule has 64 valence electrons. The second kappa shape index (κ2) is 2.68. The molecule has 12 heavy (non-hydrogen) atoms. The van der Waals surface area contributed by atoms with E-state index in [9.17, 15) is 0 Å². The molecule has 1 aromatic carbocycles. The highest BCUT2D eigenvalue weighted by atomic mass is 16.5. The predicted molar refractivity (Wildman–Crippen MR) is 45.8 cm³/mol. The Labute approximate surface area is 71.1 Å². The molecule has 3 nitrogen and oxygen atoms in total. The molecule has 3 heteroatoms. The quantitative estimate of drug-likeness (QED) is 0.639. The first-order valence-electron chi connectivity index (χ1n) is 3.96. The maximum absolute atomic E-state index is 9.15. The van der Waals surface area contributed by atoms with Crippen LogP contribution in [0, 0.1) is 0 Å². The summed E-state index contributed by atoms with van der Waals surface area (Å²) in [5, 5.41) is 10.3. The maximum atomic E-state index is 9.15. The molecule has 0 radical (unpaired) electrons. The van der Waals surface area contributed by atoms with Crippen molar-refractivity contribution < 1.29 is 9.94 Å². The maximum Gasteiger partial charge on any atom is 0.122 e. The predicted octanol–water partition coefficient (Wildman–Crippen LogP) is 1.45. The first kappa shape index (κ1) is 7.43. The molecule has 1 N–H and O–H groups in total. The van der Waals surface area contributed by atoms with Gasteiger partial charge in [-0.15, -0.1) is 0 Å². The molecular weight excluding hydrogens is 154 g/mol. The molecule has 1 heterocycles. The normalized spacial score (nSPS) is 13.8. The van der Waals surface area contributed by atoms with Gasteiger partial charge in [0.1, 0.15) is 5.75 Å². The number of hydroxylamine groups is 1. The van der Waals surface area contributed by atoms with Gasteiger partial charge in [0.25, 0.3) is 0 Å². The number of hydrogen-bond acceptors (Lipinski definition) is 3. The summed E-state index contributed by atoms with van der Waals surface area (Å²) in [6.45, 7) is 0.758. The van der Waals surface area contributed by atoms with E-state index >= 15 is 0 Å². The molecule has 0 spiro atoms. The Kier molecular flexibility index (Phi) is 1.66. The van der Waals surface area contributed by atoms with E-state index in [-0.39, 0.29) is 0 Å². The van der Waals surface area contributed by atoms with Crippen molar-refractivity contribution in [1.82, 2.24) is 0 Å². The minimum Gasteiger partial charge on any atom is -0.493 e. The number of rotatable bonds is 1. The molecule has 1 aliphatic heterocycles. The molecule has 0 saturated carbocycles. The van der Waals surface area contributed by atoms with Crippen LogP contribution in [0.2, 0.25) is 0 Å². The average Bonchev–Trinajstić information content (AvgIpc) is 2.49. The van der Waals surface area contributed by atoms with Crippen LogP contribution in [-0.4, -0.2) is 18.9 Å². The SMILES string of the molecule is CN(O)c1ccc2c(c1)CCO2. The van der Waals surface area contributed by atoms with Gasteiger partial charge < -0.3 is 4.74 Å². The van der Waals surface area contributed by atoms with E-state index in [0.29, 0.717) is 0 Å². The zero-order chi connectivity index (χ0) is 8.55. The molecule has 0 atom stereocenters. The minimum atomic E-state index is 0.758. The summed E-state index contributed by atoms with van der Waals surface area (Å²) in [7, 11) is 1.61. The molecule has 0 aliphatic carbocycles. The van der Waals surface area contributed by atoms with Gasteiger partial charge >= 0.3 is 0 Å². The second-order valence-electron chi connectivity index (χ2n) is 2.91. The van der Waals surface area contributed by atoms with E-state index in [0.717, 1.165) is 29.5 Å². The largest absolute Gasteiger partial charge is 0.493 e. The third-order valence-corrected chi connectivity index (χ3v) is 2.05. The zero-order valence-corrected chi connectivity index (χ0v) is 6.95. The minimum absolute atomic E-state index is 0.758. The van der Waals surface area contributed by atoms with Gasteiger partial charge in [-0.05, 0) is 23.8 Å². The zero-order valence-electron chi connectivity index (χ0n) is 6.95. The second-order valence-corrected chi connectivity index (χ2v) is 2.91. The first-order valence-corrected chi connectivity index (χ1v) is 3.96. The van der Waals surface area contributed by atoms with Crippen molar-refractivity contribution in [3.8, 4) is 5.75 Å². The third kappa shape index (κ3) is 1.12. The summed E-state index contributed by atoms with van der Waals surface area (Å²) >= 11 is 0. The van der Waals surface area contributed by atoms with Gasteiger partial charge in [-0.2, -0.15) is 0 Å². The van der Waals surface area contributed by atoms with Gasteiger partial charge in [-0.25, -0.2) is 0 Å². The van der Waals surface area contributed by atoms with Crippen LogP contribution in [0.3, 0.4) is 0 Å². The Balaban J connectivity index is 2.39. The topological polar surface area (TPSA) is 32.7 Å². The number of fused-ring (bicyclic) bond motifs is 1. The fourth-order valence-electron chi connectivity index (χ4n) is 1.37. The lowest BCUT2D eigenvalue weighted by Crippen LogP contribution is -2.09. The molecule has 1 aromatic rings. The monoisotopic (exact) mass is 165 g/mol. The van der Waals surface area contributed by atoms with Crippen LogP contribution < -0.4 is 9.80 Å². The first-order chi connectivity index (χ1) is 5.77. The van der Waals surface area contributed by atoms with Gasteiger partial charge in [0.2, 0.25) is 0 Å².